The van der Waals surface area contributed by atoms with Gasteiger partial charge in [0.05, 0.1) is 5.69 Å². The second-order valence-corrected chi connectivity index (χ2v) is 7.28. The molecule has 28 heavy (non-hydrogen) atoms. The normalized spacial score (nSPS) is 17.1. The molecule has 1 aliphatic heterocycles. The van der Waals surface area contributed by atoms with Crippen molar-refractivity contribution in [2.75, 3.05) is 26.2 Å². The van der Waals surface area contributed by atoms with Gasteiger partial charge in [-0.25, -0.2) is 4.98 Å². The highest BCUT2D eigenvalue weighted by molar-refractivity contribution is 14.0. The van der Waals surface area contributed by atoms with E-state index in [2.05, 4.69) is 33.7 Å². The van der Waals surface area contributed by atoms with Gasteiger partial charge in [0, 0.05) is 57.0 Å². The van der Waals surface area contributed by atoms with Gasteiger partial charge in [0.15, 0.2) is 5.96 Å². The van der Waals surface area contributed by atoms with Crippen LogP contribution in [0, 0.1) is 5.92 Å². The van der Waals surface area contributed by atoms with E-state index in [1.165, 1.54) is 0 Å². The van der Waals surface area contributed by atoms with E-state index < -0.39 is 0 Å². The molecule has 7 nitrogen and oxygen atoms in total. The standard InChI is InChI=1S/C20H30N6O.HI/c1-4-21-20(24-17-9-12-26(14-17)19(27)15(2)3)22-10-8-16-13-25-11-6-5-7-18(25)23-16;/h5-7,11,13,15,17H,4,8-10,12,14H2,1-3H3,(H2,21,22,24);1H. The molecule has 0 aliphatic carbocycles. The number of fused-ring (bicyclic) bond motifs is 1. The first-order valence-electron chi connectivity index (χ1n) is 9.83. The Morgan fingerprint density at radius 3 is 2.93 bits per heavy atom. The van der Waals surface area contributed by atoms with Gasteiger partial charge in [-0.15, -0.1) is 24.0 Å². The van der Waals surface area contributed by atoms with Crippen molar-refractivity contribution in [2.45, 2.75) is 39.7 Å². The smallest absolute Gasteiger partial charge is 0.225 e. The molecule has 8 heteroatoms. The van der Waals surface area contributed by atoms with E-state index in [1.54, 1.807) is 0 Å². The van der Waals surface area contributed by atoms with Crippen molar-refractivity contribution in [3.63, 3.8) is 0 Å². The Morgan fingerprint density at radius 1 is 1.39 bits per heavy atom. The van der Waals surface area contributed by atoms with E-state index >= 15 is 0 Å². The Hall–Kier alpha value is -1.84. The van der Waals surface area contributed by atoms with Crippen LogP contribution >= 0.6 is 24.0 Å². The van der Waals surface area contributed by atoms with E-state index in [0.29, 0.717) is 6.54 Å². The highest BCUT2D eigenvalue weighted by atomic mass is 127. The van der Waals surface area contributed by atoms with Crippen molar-refractivity contribution in [3.8, 4) is 0 Å². The number of carbonyl (C=O) groups excluding carboxylic acids is 1. The minimum absolute atomic E-state index is 0. The van der Waals surface area contributed by atoms with Gasteiger partial charge in [0.25, 0.3) is 0 Å². The van der Waals surface area contributed by atoms with E-state index in [-0.39, 0.29) is 41.8 Å². The van der Waals surface area contributed by atoms with Gasteiger partial charge in [-0.1, -0.05) is 19.9 Å². The molecule has 1 fully saturated rings. The number of hydrogen-bond donors (Lipinski definition) is 2. The summed E-state index contributed by atoms with van der Waals surface area (Å²) in [5, 5.41) is 6.77. The third-order valence-corrected chi connectivity index (χ3v) is 4.73. The fourth-order valence-electron chi connectivity index (χ4n) is 3.35. The number of aromatic nitrogens is 2. The molecule has 0 spiro atoms. The minimum Gasteiger partial charge on any atom is -0.357 e. The number of amides is 1. The highest BCUT2D eigenvalue weighted by Gasteiger charge is 2.27. The second-order valence-electron chi connectivity index (χ2n) is 7.28. The second kappa shape index (κ2) is 10.6. The number of imidazole rings is 1. The molecule has 1 saturated heterocycles. The maximum absolute atomic E-state index is 12.1. The number of nitrogens with one attached hydrogen (secondary N) is 2. The van der Waals surface area contributed by atoms with Crippen molar-refractivity contribution >= 4 is 41.5 Å². The maximum atomic E-state index is 12.1. The summed E-state index contributed by atoms with van der Waals surface area (Å²) >= 11 is 0. The molecule has 0 bridgehead atoms. The molecule has 3 heterocycles. The van der Waals surface area contributed by atoms with E-state index in [4.69, 9.17) is 0 Å². The van der Waals surface area contributed by atoms with Crippen LogP contribution in [0.1, 0.15) is 32.9 Å². The Bertz CT molecular complexity index is 770. The molecule has 0 aromatic carbocycles. The largest absolute Gasteiger partial charge is 0.357 e. The van der Waals surface area contributed by atoms with Crippen molar-refractivity contribution in [2.24, 2.45) is 10.9 Å². The van der Waals surface area contributed by atoms with E-state index in [1.807, 2.05) is 47.5 Å². The third-order valence-electron chi connectivity index (χ3n) is 4.73. The molecule has 2 aromatic heterocycles. The summed E-state index contributed by atoms with van der Waals surface area (Å²) in [6, 6.07) is 6.24. The third kappa shape index (κ3) is 5.83. The van der Waals surface area contributed by atoms with Crippen LogP contribution in [0.25, 0.3) is 5.65 Å². The number of likely N-dealkylation sites (tertiary alicyclic amines) is 1. The summed E-state index contributed by atoms with van der Waals surface area (Å²) in [5.41, 5.74) is 2.00. The lowest BCUT2D eigenvalue weighted by atomic mass is 10.2. The molecule has 1 unspecified atom stereocenters. The summed E-state index contributed by atoms with van der Waals surface area (Å²) in [4.78, 5) is 23.4. The molecular formula is C20H31IN6O. The number of guanidine groups is 1. The lowest BCUT2D eigenvalue weighted by molar-refractivity contribution is -0.133. The van der Waals surface area contributed by atoms with Gasteiger partial charge in [0.1, 0.15) is 5.65 Å². The number of aliphatic imine (C=N–C) groups is 1. The summed E-state index contributed by atoms with van der Waals surface area (Å²) in [7, 11) is 0. The van der Waals surface area contributed by atoms with E-state index in [0.717, 1.165) is 49.8 Å². The molecule has 2 N–H and O–H groups in total. The zero-order valence-electron chi connectivity index (χ0n) is 16.9. The van der Waals surface area contributed by atoms with Gasteiger partial charge in [-0.3, -0.25) is 9.79 Å². The van der Waals surface area contributed by atoms with Crippen LogP contribution in [0.15, 0.2) is 35.6 Å². The van der Waals surface area contributed by atoms with Crippen molar-refractivity contribution in [3.05, 3.63) is 36.3 Å². The average molecular weight is 498 g/mol. The fraction of sp³-hybridized carbons (Fsp3) is 0.550. The van der Waals surface area contributed by atoms with E-state index in [9.17, 15) is 4.79 Å². The molecule has 3 rings (SSSR count). The van der Waals surface area contributed by atoms with Crippen LogP contribution in [0.3, 0.4) is 0 Å². The van der Waals surface area contributed by atoms with Gasteiger partial charge in [0.2, 0.25) is 5.91 Å². The summed E-state index contributed by atoms with van der Waals surface area (Å²) in [6.07, 6.45) is 5.80. The van der Waals surface area contributed by atoms with Gasteiger partial charge >= 0.3 is 0 Å². The fourth-order valence-corrected chi connectivity index (χ4v) is 3.35. The molecule has 1 aliphatic rings. The van der Waals surface area contributed by atoms with Gasteiger partial charge in [-0.2, -0.15) is 0 Å². The summed E-state index contributed by atoms with van der Waals surface area (Å²) < 4.78 is 2.03. The first-order chi connectivity index (χ1) is 13.1. The molecule has 1 amide bonds. The molecule has 0 saturated carbocycles. The summed E-state index contributed by atoms with van der Waals surface area (Å²) in [5.74, 6) is 1.09. The first-order valence-corrected chi connectivity index (χ1v) is 9.83. The Balaban J connectivity index is 0.00000280. The number of halogens is 1. The van der Waals surface area contributed by atoms with Crippen molar-refractivity contribution < 1.29 is 4.79 Å². The lowest BCUT2D eigenvalue weighted by Gasteiger charge is -2.20. The summed E-state index contributed by atoms with van der Waals surface area (Å²) in [6.45, 7) is 9.00. The number of rotatable bonds is 6. The SMILES string of the molecule is CCNC(=NCCc1cn2ccccc2n1)NC1CCN(C(=O)C(C)C)C1.I. The highest BCUT2D eigenvalue weighted by Crippen LogP contribution is 2.12. The molecule has 1 atom stereocenters. The lowest BCUT2D eigenvalue weighted by Crippen LogP contribution is -2.45. The van der Waals surface area contributed by atoms with Crippen molar-refractivity contribution in [1.82, 2.24) is 24.9 Å². The van der Waals surface area contributed by atoms with Crippen LogP contribution in [0.4, 0.5) is 0 Å². The van der Waals surface area contributed by atoms with Crippen LogP contribution in [0.2, 0.25) is 0 Å². The molecular weight excluding hydrogens is 467 g/mol. The van der Waals surface area contributed by atoms with Crippen LogP contribution in [-0.4, -0.2) is 58.4 Å². The predicted molar refractivity (Wildman–Crippen MR) is 123 cm³/mol. The molecule has 0 radical (unpaired) electrons. The zero-order valence-corrected chi connectivity index (χ0v) is 19.2. The Kier molecular flexibility index (Phi) is 8.53. The number of pyridine rings is 1. The molecule has 154 valence electrons. The van der Waals surface area contributed by atoms with Gasteiger partial charge < -0.3 is 19.9 Å². The monoisotopic (exact) mass is 498 g/mol. The zero-order chi connectivity index (χ0) is 19.2. The number of nitrogens with zero attached hydrogens (tertiary/aromatic N) is 4. The Labute approximate surface area is 184 Å². The predicted octanol–water partition coefficient (Wildman–Crippen LogP) is 2.31. The minimum atomic E-state index is 0. The topological polar surface area (TPSA) is 74.0 Å². The van der Waals surface area contributed by atoms with Crippen molar-refractivity contribution in [1.29, 1.82) is 0 Å². The average Bonchev–Trinajstić information content (AvgIpc) is 3.27. The first kappa shape index (κ1) is 22.4. The number of carbonyl (C=O) groups is 1. The van der Waals surface area contributed by atoms with Crippen LogP contribution < -0.4 is 10.6 Å². The quantitative estimate of drug-likeness (QED) is 0.364. The van der Waals surface area contributed by atoms with Crippen LogP contribution in [0.5, 0.6) is 0 Å². The number of hydrogen-bond acceptors (Lipinski definition) is 3. The maximum Gasteiger partial charge on any atom is 0.225 e. The molecule has 2 aromatic rings. The Morgan fingerprint density at radius 2 is 2.21 bits per heavy atom. The van der Waals surface area contributed by atoms with Crippen LogP contribution in [-0.2, 0) is 11.2 Å². The van der Waals surface area contributed by atoms with Gasteiger partial charge in [-0.05, 0) is 25.5 Å².